The molecule has 0 radical (unpaired) electrons. The van der Waals surface area contributed by atoms with E-state index in [4.69, 9.17) is 14.2 Å². The van der Waals surface area contributed by atoms with Crippen LogP contribution < -0.4 is 29.6 Å². The molecule has 1 fully saturated rings. The zero-order valence-corrected chi connectivity index (χ0v) is 25.3. The number of pyridine rings is 1. The molecule has 1 aromatic heterocycles. The number of hydrogen-bond donors (Lipinski definition) is 2. The topological polar surface area (TPSA) is 94.2 Å². The molecule has 0 saturated carbocycles. The lowest BCUT2D eigenvalue weighted by Gasteiger charge is -2.44. The Labute approximate surface area is 261 Å². The fourth-order valence-electron chi connectivity index (χ4n) is 4.95. The van der Waals surface area contributed by atoms with E-state index < -0.39 is 36.5 Å². The van der Waals surface area contributed by atoms with E-state index in [-0.39, 0.29) is 18.9 Å². The van der Waals surface area contributed by atoms with Crippen molar-refractivity contribution >= 4 is 11.7 Å². The van der Waals surface area contributed by atoms with Gasteiger partial charge in [0.15, 0.2) is 18.1 Å². The highest BCUT2D eigenvalue weighted by atomic mass is 19.4. The Morgan fingerprint density at radius 3 is 2.30 bits per heavy atom. The molecule has 1 aliphatic heterocycles. The molecule has 1 saturated heterocycles. The van der Waals surface area contributed by atoms with Crippen LogP contribution >= 0.6 is 0 Å². The van der Waals surface area contributed by atoms with Crippen LogP contribution in [0.2, 0.25) is 0 Å². The lowest BCUT2D eigenvalue weighted by atomic mass is 9.88. The van der Waals surface area contributed by atoms with E-state index in [1.54, 1.807) is 30.0 Å². The van der Waals surface area contributed by atoms with Gasteiger partial charge in [-0.25, -0.2) is 4.79 Å². The van der Waals surface area contributed by atoms with Crippen LogP contribution in [-0.2, 0) is 13.2 Å². The van der Waals surface area contributed by atoms with Crippen molar-refractivity contribution in [2.24, 2.45) is 0 Å². The molecule has 9 nitrogen and oxygen atoms in total. The number of amides is 2. The number of piperidine rings is 1. The van der Waals surface area contributed by atoms with Crippen LogP contribution in [-0.4, -0.2) is 60.8 Å². The van der Waals surface area contributed by atoms with Crippen molar-refractivity contribution in [3.05, 3.63) is 71.5 Å². The number of ether oxygens (including phenoxy) is 4. The number of urea groups is 1. The average Bonchev–Trinajstić information content (AvgIpc) is 2.99. The largest absolute Gasteiger partial charge is 0.573 e. The van der Waals surface area contributed by atoms with Crippen molar-refractivity contribution in [3.63, 3.8) is 0 Å². The lowest BCUT2D eigenvalue weighted by molar-refractivity contribution is -0.274. The van der Waals surface area contributed by atoms with E-state index >= 15 is 0 Å². The van der Waals surface area contributed by atoms with Gasteiger partial charge in [-0.05, 0) is 87.8 Å². The summed E-state index contributed by atoms with van der Waals surface area (Å²) < 4.78 is 95.8. The zero-order valence-electron chi connectivity index (χ0n) is 25.3. The number of aromatic nitrogens is 1. The summed E-state index contributed by atoms with van der Waals surface area (Å²) in [5.41, 5.74) is 1.25. The van der Waals surface area contributed by atoms with Crippen molar-refractivity contribution in [1.29, 1.82) is 0 Å². The van der Waals surface area contributed by atoms with Gasteiger partial charge in [0.1, 0.15) is 18.1 Å². The molecule has 2 N–H and O–H groups in total. The van der Waals surface area contributed by atoms with Crippen molar-refractivity contribution < 1.29 is 50.1 Å². The van der Waals surface area contributed by atoms with Gasteiger partial charge in [-0.2, -0.15) is 13.2 Å². The van der Waals surface area contributed by atoms with Crippen LogP contribution in [0.15, 0.2) is 54.7 Å². The Bertz CT molecular complexity index is 1480. The molecule has 0 atom stereocenters. The first kappa shape index (κ1) is 34.5. The van der Waals surface area contributed by atoms with Crippen LogP contribution in [0, 0.1) is 6.92 Å². The Balaban J connectivity index is 1.49. The van der Waals surface area contributed by atoms with E-state index in [1.807, 2.05) is 6.92 Å². The molecular formula is C31H34F6N4O5. The predicted octanol–water partition coefficient (Wildman–Crippen LogP) is 6.99. The van der Waals surface area contributed by atoms with Crippen molar-refractivity contribution in [1.82, 2.24) is 15.2 Å². The van der Waals surface area contributed by atoms with E-state index in [0.717, 1.165) is 12.1 Å². The van der Waals surface area contributed by atoms with E-state index in [2.05, 4.69) is 20.4 Å². The number of nitrogens with zero attached hydrogens (tertiary/aromatic N) is 2. The van der Waals surface area contributed by atoms with Gasteiger partial charge in [-0.1, -0.05) is 6.07 Å². The van der Waals surface area contributed by atoms with Crippen LogP contribution in [0.5, 0.6) is 23.0 Å². The summed E-state index contributed by atoms with van der Waals surface area (Å²) in [7, 11) is 1.45. The Hall–Kier alpha value is -4.40. The third-order valence-corrected chi connectivity index (χ3v) is 7.50. The summed E-state index contributed by atoms with van der Waals surface area (Å²) in [5, 5.41) is 6.06. The standard InChI is InChI=1S/C31H34F6N4O5/c1-20-24(39-13-10-25(20)45-19-30(32,33)34)18-44-26-9-4-21(16-27(26)43-3)17-41(29(2)11-14-38-15-12-29)28(42)40-22-5-7-23(8-6-22)46-31(35,36)37/h4-10,13,16,38H,11-12,14-15,17-19H2,1-3H3,(H,40,42). The molecule has 3 aromatic rings. The minimum absolute atomic E-state index is 0.0450. The maximum atomic E-state index is 13.6. The number of carbonyl (C=O) groups is 1. The van der Waals surface area contributed by atoms with Crippen LogP contribution in [0.1, 0.15) is 36.6 Å². The van der Waals surface area contributed by atoms with Gasteiger partial charge in [-0.15, -0.1) is 13.2 Å². The first-order chi connectivity index (χ1) is 21.7. The third kappa shape index (κ3) is 9.55. The summed E-state index contributed by atoms with van der Waals surface area (Å²) in [6.07, 6.45) is -6.65. The Kier molecular flexibility index (Phi) is 10.8. The fourth-order valence-corrected chi connectivity index (χ4v) is 4.95. The second-order valence-electron chi connectivity index (χ2n) is 10.9. The summed E-state index contributed by atoms with van der Waals surface area (Å²) in [5.74, 6) is 0.342. The molecule has 0 aliphatic carbocycles. The number of benzene rings is 2. The molecule has 1 aliphatic rings. The van der Waals surface area contributed by atoms with Gasteiger partial charge < -0.3 is 34.5 Å². The van der Waals surface area contributed by atoms with Crippen LogP contribution in [0.4, 0.5) is 36.8 Å². The monoisotopic (exact) mass is 656 g/mol. The minimum atomic E-state index is -4.83. The van der Waals surface area contributed by atoms with Gasteiger partial charge in [0.2, 0.25) is 0 Å². The highest BCUT2D eigenvalue weighted by Gasteiger charge is 2.37. The highest BCUT2D eigenvalue weighted by Crippen LogP contribution is 2.34. The fraction of sp³-hybridized carbons (Fsp3) is 0.419. The molecule has 2 aromatic carbocycles. The van der Waals surface area contributed by atoms with E-state index in [1.165, 1.54) is 31.5 Å². The molecule has 4 rings (SSSR count). The molecule has 2 amide bonds. The molecule has 2 heterocycles. The molecule has 0 bridgehead atoms. The smallest absolute Gasteiger partial charge is 0.493 e. The number of hydrogen-bond acceptors (Lipinski definition) is 7. The number of carbonyl (C=O) groups excluding carboxylic acids is 1. The van der Waals surface area contributed by atoms with Crippen molar-refractivity contribution in [2.45, 2.75) is 57.9 Å². The quantitative estimate of drug-likeness (QED) is 0.215. The summed E-state index contributed by atoms with van der Waals surface area (Å²) >= 11 is 0. The molecule has 0 unspecified atom stereocenters. The molecule has 15 heteroatoms. The summed E-state index contributed by atoms with van der Waals surface area (Å²) in [4.78, 5) is 19.5. The maximum Gasteiger partial charge on any atom is 0.573 e. The normalized spacial score (nSPS) is 14.7. The minimum Gasteiger partial charge on any atom is -0.493 e. The van der Waals surface area contributed by atoms with Crippen molar-refractivity contribution in [2.75, 3.05) is 32.1 Å². The molecule has 250 valence electrons. The summed E-state index contributed by atoms with van der Waals surface area (Å²) in [6, 6.07) is 10.9. The van der Waals surface area contributed by atoms with Gasteiger partial charge in [0.05, 0.1) is 12.8 Å². The van der Waals surface area contributed by atoms with Crippen LogP contribution in [0.3, 0.4) is 0 Å². The number of halogens is 6. The zero-order chi connectivity index (χ0) is 33.5. The molecular weight excluding hydrogens is 622 g/mol. The SMILES string of the molecule is COc1cc(CN(C(=O)Nc2ccc(OC(F)(F)F)cc2)C2(C)CCNCC2)ccc1OCc1nccc(OCC(F)(F)F)c1C. The Morgan fingerprint density at radius 1 is 0.978 bits per heavy atom. The van der Waals surface area contributed by atoms with Gasteiger partial charge in [0.25, 0.3) is 0 Å². The second-order valence-corrected chi connectivity index (χ2v) is 10.9. The maximum absolute atomic E-state index is 13.6. The first-order valence-corrected chi connectivity index (χ1v) is 14.2. The van der Waals surface area contributed by atoms with E-state index in [9.17, 15) is 31.1 Å². The molecule has 46 heavy (non-hydrogen) atoms. The number of rotatable bonds is 11. The number of nitrogens with one attached hydrogen (secondary N) is 2. The van der Waals surface area contributed by atoms with Crippen molar-refractivity contribution in [3.8, 4) is 23.0 Å². The second kappa shape index (κ2) is 14.4. The third-order valence-electron chi connectivity index (χ3n) is 7.50. The van der Waals surface area contributed by atoms with E-state index in [0.29, 0.717) is 59.9 Å². The highest BCUT2D eigenvalue weighted by molar-refractivity contribution is 5.90. The number of methoxy groups -OCH3 is 1. The average molecular weight is 657 g/mol. The van der Waals surface area contributed by atoms with Gasteiger partial charge >= 0.3 is 18.6 Å². The Morgan fingerprint density at radius 2 is 1.67 bits per heavy atom. The van der Waals surface area contributed by atoms with Crippen LogP contribution in [0.25, 0.3) is 0 Å². The van der Waals surface area contributed by atoms with Gasteiger partial charge in [0, 0.05) is 29.5 Å². The predicted molar refractivity (Wildman–Crippen MR) is 156 cm³/mol. The first-order valence-electron chi connectivity index (χ1n) is 14.2. The summed E-state index contributed by atoms with van der Waals surface area (Å²) in [6.45, 7) is 3.62. The molecule has 0 spiro atoms. The van der Waals surface area contributed by atoms with Gasteiger partial charge in [-0.3, -0.25) is 4.98 Å². The number of alkyl halides is 6. The number of anilines is 1. The lowest BCUT2D eigenvalue weighted by Crippen LogP contribution is -2.55.